The molecule has 0 saturated carbocycles. The molecular formula is C23H19N5. The Morgan fingerprint density at radius 1 is 0.821 bits per heavy atom. The molecule has 3 aromatic heterocycles. The van der Waals surface area contributed by atoms with Crippen LogP contribution in [-0.2, 0) is 0 Å². The number of nitrogens with zero attached hydrogens (tertiary/aromatic N) is 5. The van der Waals surface area contributed by atoms with Crippen LogP contribution >= 0.6 is 0 Å². The van der Waals surface area contributed by atoms with E-state index in [0.717, 1.165) is 45.4 Å². The monoisotopic (exact) mass is 365 g/mol. The van der Waals surface area contributed by atoms with E-state index < -0.39 is 0 Å². The lowest BCUT2D eigenvalue weighted by Crippen LogP contribution is -2.06. The molecule has 0 radical (unpaired) electrons. The zero-order valence-electron chi connectivity index (χ0n) is 15.7. The Morgan fingerprint density at radius 3 is 2.14 bits per heavy atom. The molecule has 0 fully saturated rings. The van der Waals surface area contributed by atoms with Crippen molar-refractivity contribution in [3.63, 3.8) is 0 Å². The fourth-order valence-electron chi connectivity index (χ4n) is 3.60. The molecule has 5 aromatic rings. The number of benzene rings is 2. The summed E-state index contributed by atoms with van der Waals surface area (Å²) in [4.78, 5) is 9.40. The fraction of sp³-hybridized carbons (Fsp3) is 0.0870. The fourth-order valence-corrected chi connectivity index (χ4v) is 3.60. The van der Waals surface area contributed by atoms with Crippen LogP contribution in [0.2, 0.25) is 0 Å². The van der Waals surface area contributed by atoms with E-state index in [1.54, 1.807) is 6.20 Å². The minimum Gasteiger partial charge on any atom is -0.288 e. The quantitative estimate of drug-likeness (QED) is 0.458. The first-order valence-electron chi connectivity index (χ1n) is 9.24. The maximum absolute atomic E-state index is 5.01. The standard InChI is InChI=1S/C23H19N5/c1-16-22(19-11-7-4-8-12-19)23-25-20(18-9-5-3-6-10-18)15-21(28(23)26-16)27-14-13-24-17(27)2/h3-15H,1-2H3. The molecule has 136 valence electrons. The molecule has 5 heteroatoms. The molecule has 0 unspecified atom stereocenters. The van der Waals surface area contributed by atoms with Crippen molar-refractivity contribution in [2.24, 2.45) is 0 Å². The summed E-state index contributed by atoms with van der Waals surface area (Å²) >= 11 is 0. The largest absolute Gasteiger partial charge is 0.288 e. The van der Waals surface area contributed by atoms with Crippen molar-refractivity contribution in [1.82, 2.24) is 24.1 Å². The third-order valence-corrected chi connectivity index (χ3v) is 4.95. The molecule has 0 bridgehead atoms. The van der Waals surface area contributed by atoms with Crippen LogP contribution in [0.1, 0.15) is 11.5 Å². The molecule has 0 aliphatic heterocycles. The molecule has 0 aliphatic carbocycles. The summed E-state index contributed by atoms with van der Waals surface area (Å²) in [7, 11) is 0. The molecule has 0 atom stereocenters. The summed E-state index contributed by atoms with van der Waals surface area (Å²) in [6.45, 7) is 4.02. The van der Waals surface area contributed by atoms with Crippen LogP contribution in [0.25, 0.3) is 33.8 Å². The van der Waals surface area contributed by atoms with E-state index in [-0.39, 0.29) is 0 Å². The SMILES string of the molecule is Cc1nn2c(-n3ccnc3C)cc(-c3ccccc3)nc2c1-c1ccccc1. The zero-order chi connectivity index (χ0) is 19.1. The Morgan fingerprint density at radius 2 is 1.50 bits per heavy atom. The maximum atomic E-state index is 5.01. The molecule has 0 amide bonds. The van der Waals surface area contributed by atoms with E-state index in [4.69, 9.17) is 10.1 Å². The number of rotatable bonds is 3. The van der Waals surface area contributed by atoms with Gasteiger partial charge in [0.2, 0.25) is 0 Å². The van der Waals surface area contributed by atoms with Crippen molar-refractivity contribution in [2.75, 3.05) is 0 Å². The molecule has 0 aliphatic rings. The van der Waals surface area contributed by atoms with E-state index >= 15 is 0 Å². The van der Waals surface area contributed by atoms with Gasteiger partial charge in [-0.3, -0.25) is 4.57 Å². The Bertz CT molecular complexity index is 1270. The highest BCUT2D eigenvalue weighted by Gasteiger charge is 2.18. The molecule has 3 heterocycles. The molecule has 5 nitrogen and oxygen atoms in total. The topological polar surface area (TPSA) is 48.0 Å². The van der Waals surface area contributed by atoms with Crippen LogP contribution in [0.5, 0.6) is 0 Å². The summed E-state index contributed by atoms with van der Waals surface area (Å²) in [5, 5.41) is 4.83. The number of imidazole rings is 1. The Balaban J connectivity index is 1.87. The van der Waals surface area contributed by atoms with Crippen LogP contribution in [0.3, 0.4) is 0 Å². The van der Waals surface area contributed by atoms with E-state index in [1.165, 1.54) is 0 Å². The minimum atomic E-state index is 0.841. The third-order valence-electron chi connectivity index (χ3n) is 4.95. The summed E-state index contributed by atoms with van der Waals surface area (Å²) in [6.07, 6.45) is 3.76. The van der Waals surface area contributed by atoms with Crippen LogP contribution in [0.15, 0.2) is 79.1 Å². The first-order chi connectivity index (χ1) is 13.7. The molecule has 0 N–H and O–H groups in total. The highest BCUT2D eigenvalue weighted by Crippen LogP contribution is 2.31. The number of fused-ring (bicyclic) bond motifs is 1. The van der Waals surface area contributed by atoms with Gasteiger partial charge in [-0.25, -0.2) is 9.97 Å². The van der Waals surface area contributed by atoms with Gasteiger partial charge in [-0.15, -0.1) is 0 Å². The third kappa shape index (κ3) is 2.60. The van der Waals surface area contributed by atoms with Gasteiger partial charge >= 0.3 is 0 Å². The van der Waals surface area contributed by atoms with Gasteiger partial charge in [-0.1, -0.05) is 60.7 Å². The Hall–Kier alpha value is -3.73. The van der Waals surface area contributed by atoms with Gasteiger partial charge in [0, 0.05) is 29.6 Å². The minimum absolute atomic E-state index is 0.841. The molecule has 0 saturated heterocycles. The average molecular weight is 365 g/mol. The highest BCUT2D eigenvalue weighted by atomic mass is 15.3. The maximum Gasteiger partial charge on any atom is 0.166 e. The predicted molar refractivity (Wildman–Crippen MR) is 110 cm³/mol. The van der Waals surface area contributed by atoms with Crippen LogP contribution in [-0.4, -0.2) is 24.1 Å². The Labute approximate surface area is 162 Å². The predicted octanol–water partition coefficient (Wildman–Crippen LogP) is 4.87. The summed E-state index contributed by atoms with van der Waals surface area (Å²) in [5.41, 5.74) is 5.93. The van der Waals surface area contributed by atoms with Crippen LogP contribution in [0.4, 0.5) is 0 Å². The van der Waals surface area contributed by atoms with Crippen molar-refractivity contribution < 1.29 is 0 Å². The van der Waals surface area contributed by atoms with Gasteiger partial charge in [-0.2, -0.15) is 9.61 Å². The molecule has 28 heavy (non-hydrogen) atoms. The van der Waals surface area contributed by atoms with Crippen molar-refractivity contribution >= 4 is 5.65 Å². The van der Waals surface area contributed by atoms with E-state index in [9.17, 15) is 0 Å². The van der Waals surface area contributed by atoms with Gasteiger partial charge in [0.15, 0.2) is 5.65 Å². The van der Waals surface area contributed by atoms with Crippen LogP contribution in [0, 0.1) is 13.8 Å². The molecule has 5 rings (SSSR count). The number of aryl methyl sites for hydroxylation is 2. The number of aromatic nitrogens is 5. The van der Waals surface area contributed by atoms with E-state index in [1.807, 2.05) is 65.5 Å². The summed E-state index contributed by atoms with van der Waals surface area (Å²) < 4.78 is 3.96. The molecular weight excluding hydrogens is 346 g/mol. The Kier molecular flexibility index (Phi) is 3.79. The second-order valence-corrected chi connectivity index (χ2v) is 6.77. The number of hydrogen-bond acceptors (Lipinski definition) is 3. The van der Waals surface area contributed by atoms with Gasteiger partial charge in [0.1, 0.15) is 11.6 Å². The van der Waals surface area contributed by atoms with Gasteiger partial charge < -0.3 is 0 Å². The lowest BCUT2D eigenvalue weighted by molar-refractivity contribution is 0.825. The molecule has 2 aromatic carbocycles. The van der Waals surface area contributed by atoms with Crippen LogP contribution < -0.4 is 0 Å². The second kappa shape index (κ2) is 6.46. The summed E-state index contributed by atoms with van der Waals surface area (Å²) in [6, 6.07) is 22.6. The molecule has 0 spiro atoms. The van der Waals surface area contributed by atoms with Crippen molar-refractivity contribution in [2.45, 2.75) is 13.8 Å². The first kappa shape index (κ1) is 16.4. The smallest absolute Gasteiger partial charge is 0.166 e. The van der Waals surface area contributed by atoms with Crippen molar-refractivity contribution in [3.8, 4) is 28.2 Å². The van der Waals surface area contributed by atoms with Crippen molar-refractivity contribution in [1.29, 1.82) is 0 Å². The first-order valence-corrected chi connectivity index (χ1v) is 9.24. The zero-order valence-corrected chi connectivity index (χ0v) is 15.7. The van der Waals surface area contributed by atoms with Gasteiger partial charge in [0.05, 0.1) is 11.4 Å². The average Bonchev–Trinajstić information content (AvgIpc) is 3.30. The highest BCUT2D eigenvalue weighted by molar-refractivity contribution is 5.82. The van der Waals surface area contributed by atoms with E-state index in [2.05, 4.69) is 35.3 Å². The van der Waals surface area contributed by atoms with Crippen molar-refractivity contribution in [3.05, 3.63) is 90.6 Å². The number of hydrogen-bond donors (Lipinski definition) is 0. The lowest BCUT2D eigenvalue weighted by Gasteiger charge is -2.11. The normalized spacial score (nSPS) is 11.2. The second-order valence-electron chi connectivity index (χ2n) is 6.77. The van der Waals surface area contributed by atoms with Gasteiger partial charge in [0.25, 0.3) is 0 Å². The lowest BCUT2D eigenvalue weighted by atomic mass is 10.1. The van der Waals surface area contributed by atoms with Gasteiger partial charge in [-0.05, 0) is 19.4 Å². The summed E-state index contributed by atoms with van der Waals surface area (Å²) in [5.74, 6) is 1.82. The van der Waals surface area contributed by atoms with E-state index in [0.29, 0.717) is 0 Å².